The van der Waals surface area contributed by atoms with Gasteiger partial charge in [0.25, 0.3) is 0 Å². The summed E-state index contributed by atoms with van der Waals surface area (Å²) in [6.45, 7) is 6.36. The summed E-state index contributed by atoms with van der Waals surface area (Å²) in [5.74, 6) is -0.254. The molecule has 1 atom stereocenters. The Kier molecular flexibility index (Phi) is 5.34. The Morgan fingerprint density at radius 2 is 1.77 bits per heavy atom. The van der Waals surface area contributed by atoms with E-state index in [1.807, 2.05) is 18.2 Å². The summed E-state index contributed by atoms with van der Waals surface area (Å²) in [7, 11) is 0. The number of aryl methyl sites for hydroxylation is 2. The number of rotatable bonds is 5. The van der Waals surface area contributed by atoms with Crippen LogP contribution in [0.1, 0.15) is 36.1 Å². The van der Waals surface area contributed by atoms with Crippen LogP contribution >= 0.6 is 0 Å². The fourth-order valence-electron chi connectivity index (χ4n) is 2.61. The van der Waals surface area contributed by atoms with Crippen molar-refractivity contribution in [2.75, 3.05) is 6.61 Å². The third kappa shape index (κ3) is 3.74. The highest BCUT2D eigenvalue weighted by atomic mass is 16.5. The molecule has 2 rings (SSSR count). The van der Waals surface area contributed by atoms with Gasteiger partial charge < -0.3 is 10.5 Å². The second-order valence-electron chi connectivity index (χ2n) is 5.50. The van der Waals surface area contributed by atoms with Crippen molar-refractivity contribution >= 4 is 5.97 Å². The predicted octanol–water partition coefficient (Wildman–Crippen LogP) is 3.92. The highest BCUT2D eigenvalue weighted by Gasteiger charge is 2.14. The van der Waals surface area contributed by atoms with Crippen LogP contribution in [0.2, 0.25) is 0 Å². The van der Waals surface area contributed by atoms with Crippen LogP contribution < -0.4 is 5.73 Å². The van der Waals surface area contributed by atoms with E-state index < -0.39 is 0 Å². The Morgan fingerprint density at radius 1 is 1.09 bits per heavy atom. The lowest BCUT2D eigenvalue weighted by Crippen LogP contribution is -2.17. The van der Waals surface area contributed by atoms with E-state index in [1.165, 1.54) is 16.7 Å². The van der Waals surface area contributed by atoms with Crippen LogP contribution in [0, 0.1) is 13.8 Å². The second kappa shape index (κ2) is 7.23. The Bertz CT molecular complexity index is 664. The Labute approximate surface area is 132 Å². The fraction of sp³-hybridized carbons (Fsp3) is 0.316. The minimum Gasteiger partial charge on any atom is -0.466 e. The molecule has 0 aliphatic rings. The molecule has 3 nitrogen and oxygen atoms in total. The lowest BCUT2D eigenvalue weighted by molar-refractivity contribution is -0.143. The van der Waals surface area contributed by atoms with Gasteiger partial charge in [-0.2, -0.15) is 0 Å². The molecule has 116 valence electrons. The number of esters is 1. The molecule has 0 saturated heterocycles. The zero-order chi connectivity index (χ0) is 16.1. The number of carbonyl (C=O) groups excluding carboxylic acids is 1. The maximum atomic E-state index is 11.5. The van der Waals surface area contributed by atoms with Gasteiger partial charge in [0.1, 0.15) is 0 Å². The molecular weight excluding hydrogens is 274 g/mol. The molecule has 0 saturated carbocycles. The molecule has 2 aromatic carbocycles. The van der Waals surface area contributed by atoms with Gasteiger partial charge in [-0.15, -0.1) is 0 Å². The number of carbonyl (C=O) groups is 1. The summed E-state index contributed by atoms with van der Waals surface area (Å²) < 4.78 is 4.95. The average molecular weight is 297 g/mol. The van der Waals surface area contributed by atoms with Crippen molar-refractivity contribution in [2.45, 2.75) is 33.2 Å². The minimum atomic E-state index is -0.330. The van der Waals surface area contributed by atoms with Crippen molar-refractivity contribution in [3.63, 3.8) is 0 Å². The van der Waals surface area contributed by atoms with Gasteiger partial charge in [0.15, 0.2) is 0 Å². The molecular formula is C19H23NO2. The molecule has 0 aromatic heterocycles. The van der Waals surface area contributed by atoms with Gasteiger partial charge in [0.2, 0.25) is 0 Å². The molecule has 2 N–H and O–H groups in total. The van der Waals surface area contributed by atoms with Crippen molar-refractivity contribution in [1.29, 1.82) is 0 Å². The summed E-state index contributed by atoms with van der Waals surface area (Å²) in [6.07, 6.45) is 0.205. The van der Waals surface area contributed by atoms with Crippen molar-refractivity contribution in [2.24, 2.45) is 5.73 Å². The predicted molar refractivity (Wildman–Crippen MR) is 89.5 cm³/mol. The first-order valence-corrected chi connectivity index (χ1v) is 7.60. The number of benzene rings is 2. The Balaban J connectivity index is 2.23. The number of ether oxygens (including phenoxy) is 1. The Hall–Kier alpha value is -2.13. The van der Waals surface area contributed by atoms with Gasteiger partial charge in [0.05, 0.1) is 13.0 Å². The second-order valence-corrected chi connectivity index (χ2v) is 5.50. The van der Waals surface area contributed by atoms with Crippen molar-refractivity contribution in [3.8, 4) is 11.1 Å². The third-order valence-corrected chi connectivity index (χ3v) is 3.81. The number of nitrogens with two attached hydrogens (primary N) is 1. The number of hydrogen-bond donors (Lipinski definition) is 1. The summed E-state index contributed by atoms with van der Waals surface area (Å²) in [5, 5.41) is 0. The Morgan fingerprint density at radius 3 is 2.41 bits per heavy atom. The quantitative estimate of drug-likeness (QED) is 0.851. The lowest BCUT2D eigenvalue weighted by Gasteiger charge is -2.15. The zero-order valence-electron chi connectivity index (χ0n) is 13.4. The molecule has 0 fully saturated rings. The van der Waals surface area contributed by atoms with Gasteiger partial charge in [0, 0.05) is 6.04 Å². The van der Waals surface area contributed by atoms with Crippen LogP contribution in [-0.4, -0.2) is 12.6 Å². The van der Waals surface area contributed by atoms with Gasteiger partial charge >= 0.3 is 5.97 Å². The van der Waals surface area contributed by atoms with Gasteiger partial charge in [-0.25, -0.2) is 0 Å². The molecule has 0 aliphatic heterocycles. The normalized spacial score (nSPS) is 12.0. The first kappa shape index (κ1) is 16.2. The first-order chi connectivity index (χ1) is 10.5. The average Bonchev–Trinajstić information content (AvgIpc) is 2.48. The van der Waals surface area contributed by atoms with E-state index in [2.05, 4.69) is 38.1 Å². The van der Waals surface area contributed by atoms with Gasteiger partial charge in [-0.1, -0.05) is 42.5 Å². The van der Waals surface area contributed by atoms with E-state index in [-0.39, 0.29) is 18.4 Å². The van der Waals surface area contributed by atoms with Gasteiger partial charge in [-0.05, 0) is 48.6 Å². The van der Waals surface area contributed by atoms with E-state index in [0.717, 1.165) is 11.1 Å². The van der Waals surface area contributed by atoms with E-state index in [9.17, 15) is 4.79 Å². The topological polar surface area (TPSA) is 52.3 Å². The summed E-state index contributed by atoms with van der Waals surface area (Å²) in [5.41, 5.74) is 11.9. The van der Waals surface area contributed by atoms with Crippen molar-refractivity contribution in [3.05, 3.63) is 59.2 Å². The van der Waals surface area contributed by atoms with E-state index >= 15 is 0 Å². The van der Waals surface area contributed by atoms with E-state index in [0.29, 0.717) is 6.61 Å². The van der Waals surface area contributed by atoms with Crippen molar-refractivity contribution in [1.82, 2.24) is 0 Å². The maximum Gasteiger partial charge on any atom is 0.307 e. The highest BCUT2D eigenvalue weighted by molar-refractivity contribution is 5.72. The fourth-order valence-corrected chi connectivity index (χ4v) is 2.61. The standard InChI is InChI=1S/C19H23NO2/c1-4-22-19(21)12-18(20)15-9-10-17(14(3)11-15)16-8-6-5-7-13(16)2/h5-11,18H,4,12,20H2,1-3H3. The molecule has 1 unspecified atom stereocenters. The SMILES string of the molecule is CCOC(=O)CC(N)c1ccc(-c2ccccc2C)c(C)c1. The molecule has 0 aliphatic carbocycles. The van der Waals surface area contributed by atoms with Crippen LogP contribution in [0.3, 0.4) is 0 Å². The minimum absolute atomic E-state index is 0.205. The smallest absolute Gasteiger partial charge is 0.307 e. The number of hydrogen-bond acceptors (Lipinski definition) is 3. The molecule has 2 aromatic rings. The summed E-state index contributed by atoms with van der Waals surface area (Å²) in [4.78, 5) is 11.5. The molecule has 0 heterocycles. The largest absolute Gasteiger partial charge is 0.466 e. The monoisotopic (exact) mass is 297 g/mol. The molecule has 3 heteroatoms. The third-order valence-electron chi connectivity index (χ3n) is 3.81. The summed E-state index contributed by atoms with van der Waals surface area (Å²) in [6, 6.07) is 14.1. The molecule has 0 amide bonds. The molecule has 22 heavy (non-hydrogen) atoms. The lowest BCUT2D eigenvalue weighted by atomic mass is 9.93. The van der Waals surface area contributed by atoms with E-state index in [4.69, 9.17) is 10.5 Å². The maximum absolute atomic E-state index is 11.5. The van der Waals surface area contributed by atoms with Crippen LogP contribution in [0.5, 0.6) is 0 Å². The van der Waals surface area contributed by atoms with E-state index in [1.54, 1.807) is 6.92 Å². The van der Waals surface area contributed by atoms with Crippen LogP contribution in [0.25, 0.3) is 11.1 Å². The van der Waals surface area contributed by atoms with Crippen LogP contribution in [-0.2, 0) is 9.53 Å². The van der Waals surface area contributed by atoms with Gasteiger partial charge in [-0.3, -0.25) is 4.79 Å². The van der Waals surface area contributed by atoms with Crippen molar-refractivity contribution < 1.29 is 9.53 Å². The molecule has 0 spiro atoms. The van der Waals surface area contributed by atoms with Crippen LogP contribution in [0.15, 0.2) is 42.5 Å². The highest BCUT2D eigenvalue weighted by Crippen LogP contribution is 2.28. The first-order valence-electron chi connectivity index (χ1n) is 7.60. The summed E-state index contributed by atoms with van der Waals surface area (Å²) >= 11 is 0. The molecule has 0 bridgehead atoms. The zero-order valence-corrected chi connectivity index (χ0v) is 13.4. The van der Waals surface area contributed by atoms with Crippen LogP contribution in [0.4, 0.5) is 0 Å². The molecule has 0 radical (unpaired) electrons.